The highest BCUT2D eigenvalue weighted by molar-refractivity contribution is 5.67. The smallest absolute Gasteiger partial charge is 0.303 e. The van der Waals surface area contributed by atoms with Gasteiger partial charge in [-0.05, 0) is 105 Å². The molecule has 1 aliphatic heterocycles. The van der Waals surface area contributed by atoms with Crippen LogP contribution < -0.4 is 0 Å². The standard InChI is InChI=1S/C31H46O5/c1-22(32)36-31(15-6-8-20-35-28-9-5-7-19-34-28)18-14-27-25-11-10-23-21-24(33-4)12-16-29(23,2)26(25)13-17-30(27,31)3/h6,10,15,21,25-28H,5,7-9,11-14,16-20H2,1-4H3/t25?,26?,27?,28?,29-,30-,31?/m0/s1. The monoisotopic (exact) mass is 498 g/mol. The van der Waals surface area contributed by atoms with Crippen molar-refractivity contribution in [1.29, 1.82) is 0 Å². The summed E-state index contributed by atoms with van der Waals surface area (Å²) in [6.07, 6.45) is 21.0. The number of carbonyl (C=O) groups is 1. The van der Waals surface area contributed by atoms with Crippen LogP contribution in [-0.4, -0.2) is 38.2 Å². The van der Waals surface area contributed by atoms with Crippen LogP contribution in [0.15, 0.2) is 35.6 Å². The lowest BCUT2D eigenvalue weighted by atomic mass is 9.47. The van der Waals surface area contributed by atoms with Gasteiger partial charge in [-0.25, -0.2) is 0 Å². The van der Waals surface area contributed by atoms with Gasteiger partial charge in [-0.1, -0.05) is 26.0 Å². The molecule has 0 aromatic carbocycles. The zero-order valence-corrected chi connectivity index (χ0v) is 22.9. The molecule has 0 spiro atoms. The summed E-state index contributed by atoms with van der Waals surface area (Å²) in [4.78, 5) is 12.4. The molecule has 5 aliphatic rings. The highest BCUT2D eigenvalue weighted by Crippen LogP contribution is 2.68. The van der Waals surface area contributed by atoms with Crippen molar-refractivity contribution in [1.82, 2.24) is 0 Å². The summed E-state index contributed by atoms with van der Waals surface area (Å²) in [6, 6.07) is 0. The van der Waals surface area contributed by atoms with E-state index < -0.39 is 5.60 Å². The van der Waals surface area contributed by atoms with E-state index in [0.717, 1.165) is 63.7 Å². The average molecular weight is 499 g/mol. The molecule has 3 fully saturated rings. The van der Waals surface area contributed by atoms with Crippen molar-refractivity contribution in [2.45, 2.75) is 103 Å². The first-order valence-electron chi connectivity index (χ1n) is 14.4. The summed E-state index contributed by atoms with van der Waals surface area (Å²) in [5, 5.41) is 0. The molecule has 0 aromatic heterocycles. The van der Waals surface area contributed by atoms with Gasteiger partial charge < -0.3 is 18.9 Å². The highest BCUT2D eigenvalue weighted by atomic mass is 16.7. The predicted octanol–water partition coefficient (Wildman–Crippen LogP) is 6.88. The minimum atomic E-state index is -0.517. The van der Waals surface area contributed by atoms with Crippen molar-refractivity contribution < 1.29 is 23.7 Å². The summed E-state index contributed by atoms with van der Waals surface area (Å²) < 4.78 is 23.5. The third-order valence-electron chi connectivity index (χ3n) is 10.6. The Kier molecular flexibility index (Phi) is 7.44. The SMILES string of the molecule is COC1=CC2=CCC3C(CC[C@@]4(C)C3CCC4(C=CCCOC3CCCCO3)OC(C)=O)[C@@]2(C)CC1. The van der Waals surface area contributed by atoms with Crippen LogP contribution in [0.5, 0.6) is 0 Å². The number of fused-ring (bicyclic) bond motifs is 5. The lowest BCUT2D eigenvalue weighted by Gasteiger charge is -2.58. The van der Waals surface area contributed by atoms with E-state index >= 15 is 0 Å². The molecule has 5 heteroatoms. The van der Waals surface area contributed by atoms with Crippen molar-refractivity contribution in [2.75, 3.05) is 20.3 Å². The number of hydrogen-bond acceptors (Lipinski definition) is 5. The molecule has 1 saturated heterocycles. The minimum absolute atomic E-state index is 0.0342. The zero-order chi connectivity index (χ0) is 25.4. The maximum Gasteiger partial charge on any atom is 0.303 e. The number of carbonyl (C=O) groups excluding carboxylic acids is 1. The normalized spacial score (nSPS) is 42.1. The number of allylic oxidation sites excluding steroid dienone is 4. The molecule has 7 atom stereocenters. The first-order chi connectivity index (χ1) is 17.3. The van der Waals surface area contributed by atoms with Crippen molar-refractivity contribution in [3.63, 3.8) is 0 Å². The second kappa shape index (κ2) is 10.3. The second-order valence-electron chi connectivity index (χ2n) is 12.3. The number of esters is 1. The van der Waals surface area contributed by atoms with E-state index in [-0.39, 0.29) is 23.1 Å². The molecule has 0 N–H and O–H groups in total. The fourth-order valence-electron chi connectivity index (χ4n) is 8.61. The molecule has 5 nitrogen and oxygen atoms in total. The van der Waals surface area contributed by atoms with E-state index in [1.54, 1.807) is 14.0 Å². The first kappa shape index (κ1) is 26.0. The van der Waals surface area contributed by atoms with Gasteiger partial charge in [0.25, 0.3) is 0 Å². The van der Waals surface area contributed by atoms with E-state index in [9.17, 15) is 4.79 Å². The molecule has 36 heavy (non-hydrogen) atoms. The van der Waals surface area contributed by atoms with Gasteiger partial charge in [-0.15, -0.1) is 0 Å². The maximum atomic E-state index is 12.4. The van der Waals surface area contributed by atoms with Gasteiger partial charge in [0.15, 0.2) is 6.29 Å². The predicted molar refractivity (Wildman–Crippen MR) is 140 cm³/mol. The number of rotatable bonds is 7. The molecule has 0 aromatic rings. The lowest BCUT2D eigenvalue weighted by molar-refractivity contribution is -0.170. The first-order valence-corrected chi connectivity index (χ1v) is 14.4. The second-order valence-corrected chi connectivity index (χ2v) is 12.3. The third kappa shape index (κ3) is 4.49. The van der Waals surface area contributed by atoms with Crippen molar-refractivity contribution in [2.24, 2.45) is 28.6 Å². The van der Waals surface area contributed by atoms with Gasteiger partial charge in [-0.2, -0.15) is 0 Å². The highest BCUT2D eigenvalue weighted by Gasteiger charge is 2.64. The molecular formula is C31H46O5. The molecule has 4 aliphatic carbocycles. The molecule has 200 valence electrons. The summed E-state index contributed by atoms with van der Waals surface area (Å²) in [5.41, 5.74) is 1.17. The minimum Gasteiger partial charge on any atom is -0.501 e. The molecule has 0 amide bonds. The van der Waals surface area contributed by atoms with Gasteiger partial charge in [0.2, 0.25) is 0 Å². The maximum absolute atomic E-state index is 12.4. The van der Waals surface area contributed by atoms with Gasteiger partial charge >= 0.3 is 5.97 Å². The summed E-state index contributed by atoms with van der Waals surface area (Å²) in [7, 11) is 1.79. The summed E-state index contributed by atoms with van der Waals surface area (Å²) in [5.74, 6) is 2.85. The summed E-state index contributed by atoms with van der Waals surface area (Å²) >= 11 is 0. The van der Waals surface area contributed by atoms with E-state index in [2.05, 4.69) is 38.2 Å². The largest absolute Gasteiger partial charge is 0.501 e. The quantitative estimate of drug-likeness (QED) is 0.218. The number of ether oxygens (including phenoxy) is 4. The molecule has 0 radical (unpaired) electrons. The Bertz CT molecular complexity index is 914. The van der Waals surface area contributed by atoms with Crippen LogP contribution in [0, 0.1) is 28.6 Å². The van der Waals surface area contributed by atoms with Crippen LogP contribution in [0.1, 0.15) is 91.4 Å². The van der Waals surface area contributed by atoms with Crippen LogP contribution >= 0.6 is 0 Å². The van der Waals surface area contributed by atoms with Crippen molar-refractivity contribution in [3.05, 3.63) is 35.6 Å². The Morgan fingerprint density at radius 1 is 1.14 bits per heavy atom. The van der Waals surface area contributed by atoms with Crippen LogP contribution in [-0.2, 0) is 23.7 Å². The van der Waals surface area contributed by atoms with Crippen LogP contribution in [0.25, 0.3) is 0 Å². The Morgan fingerprint density at radius 3 is 2.72 bits per heavy atom. The Morgan fingerprint density at radius 2 is 1.97 bits per heavy atom. The number of hydrogen-bond donors (Lipinski definition) is 0. The topological polar surface area (TPSA) is 54.0 Å². The molecule has 0 bridgehead atoms. The average Bonchev–Trinajstić information content (AvgIpc) is 3.15. The molecular weight excluding hydrogens is 452 g/mol. The number of methoxy groups -OCH3 is 1. The van der Waals surface area contributed by atoms with Crippen molar-refractivity contribution in [3.8, 4) is 0 Å². The van der Waals surface area contributed by atoms with Crippen LogP contribution in [0.4, 0.5) is 0 Å². The van der Waals surface area contributed by atoms with E-state index in [1.807, 2.05) is 0 Å². The van der Waals surface area contributed by atoms with Crippen molar-refractivity contribution >= 4 is 5.97 Å². The Balaban J connectivity index is 1.32. The molecule has 5 rings (SSSR count). The van der Waals surface area contributed by atoms with Gasteiger partial charge in [-0.3, -0.25) is 4.79 Å². The van der Waals surface area contributed by atoms with E-state index in [0.29, 0.717) is 24.4 Å². The van der Waals surface area contributed by atoms with Crippen LogP contribution in [0.2, 0.25) is 0 Å². The van der Waals surface area contributed by atoms with Crippen LogP contribution in [0.3, 0.4) is 0 Å². The molecule has 2 saturated carbocycles. The fourth-order valence-corrected chi connectivity index (χ4v) is 8.61. The lowest BCUT2D eigenvalue weighted by Crippen LogP contribution is -2.54. The van der Waals surface area contributed by atoms with Gasteiger partial charge in [0.1, 0.15) is 5.60 Å². The summed E-state index contributed by atoms with van der Waals surface area (Å²) in [6.45, 7) is 7.92. The molecule has 1 heterocycles. The zero-order valence-electron chi connectivity index (χ0n) is 22.9. The third-order valence-corrected chi connectivity index (χ3v) is 10.6. The Labute approximate surface area is 217 Å². The van der Waals surface area contributed by atoms with E-state index in [1.165, 1.54) is 24.8 Å². The fraction of sp³-hybridized carbons (Fsp3) is 0.774. The molecule has 5 unspecified atom stereocenters. The van der Waals surface area contributed by atoms with Gasteiger partial charge in [0.05, 0.1) is 19.5 Å². The van der Waals surface area contributed by atoms with E-state index in [4.69, 9.17) is 18.9 Å². The Hall–Kier alpha value is -1.59. The van der Waals surface area contributed by atoms with Gasteiger partial charge in [0, 0.05) is 25.4 Å².